The van der Waals surface area contributed by atoms with Crippen molar-refractivity contribution in [2.45, 2.75) is 6.92 Å². The van der Waals surface area contributed by atoms with Gasteiger partial charge in [0.05, 0.1) is 10.0 Å². The molecule has 0 fully saturated rings. The summed E-state index contributed by atoms with van der Waals surface area (Å²) >= 11 is 2.96. The minimum atomic E-state index is -1.16. The number of carboxylic acids is 1. The number of pyridine rings is 1. The number of hydrogen-bond donors (Lipinski definition) is 1. The first-order chi connectivity index (χ1) is 7.54. The van der Waals surface area contributed by atoms with Crippen LogP contribution in [0.2, 0.25) is 0 Å². The van der Waals surface area contributed by atoms with Crippen molar-refractivity contribution in [1.29, 1.82) is 0 Å². The predicted octanol–water partition coefficient (Wildman–Crippen LogP) is 3.14. The van der Waals surface area contributed by atoms with Crippen molar-refractivity contribution in [3.63, 3.8) is 0 Å². The third kappa shape index (κ3) is 1.48. The number of aromatic carboxylic acids is 1. The molecule has 5 heteroatoms. The molecule has 0 atom stereocenters. The zero-order valence-electron chi connectivity index (χ0n) is 8.29. The Kier molecular flexibility index (Phi) is 2.63. The van der Waals surface area contributed by atoms with Gasteiger partial charge in [0.1, 0.15) is 5.52 Å². The van der Waals surface area contributed by atoms with Crippen molar-refractivity contribution in [2.75, 3.05) is 0 Å². The second kappa shape index (κ2) is 3.83. The molecule has 0 aliphatic heterocycles. The third-order valence-electron chi connectivity index (χ3n) is 2.42. The van der Waals surface area contributed by atoms with Crippen LogP contribution in [0.1, 0.15) is 15.9 Å². The Hall–Kier alpha value is -1.49. The fourth-order valence-electron chi connectivity index (χ4n) is 1.65. The molecule has 0 radical (unpaired) electrons. The van der Waals surface area contributed by atoms with Crippen molar-refractivity contribution in [3.05, 3.63) is 39.7 Å². The van der Waals surface area contributed by atoms with Crippen LogP contribution in [-0.2, 0) is 0 Å². The molecule has 2 aromatic rings. The second-order valence-electron chi connectivity index (χ2n) is 3.33. The van der Waals surface area contributed by atoms with Crippen molar-refractivity contribution in [2.24, 2.45) is 0 Å². The highest BCUT2D eigenvalue weighted by Gasteiger charge is 2.20. The number of rotatable bonds is 1. The Balaban J connectivity index is 3.00. The van der Waals surface area contributed by atoms with Gasteiger partial charge in [0, 0.05) is 11.6 Å². The van der Waals surface area contributed by atoms with Crippen molar-refractivity contribution < 1.29 is 14.3 Å². The zero-order chi connectivity index (χ0) is 11.9. The largest absolute Gasteiger partial charge is 0.478 e. The number of halogens is 2. The number of aromatic nitrogens is 1. The first kappa shape index (κ1) is 11.0. The number of nitrogens with zero attached hydrogens (tertiary/aromatic N) is 1. The van der Waals surface area contributed by atoms with Gasteiger partial charge in [-0.15, -0.1) is 0 Å². The van der Waals surface area contributed by atoms with Crippen molar-refractivity contribution in [3.8, 4) is 0 Å². The van der Waals surface area contributed by atoms with Gasteiger partial charge >= 0.3 is 5.97 Å². The van der Waals surface area contributed by atoms with Gasteiger partial charge in [-0.1, -0.05) is 6.07 Å². The van der Waals surface area contributed by atoms with Gasteiger partial charge in [0.25, 0.3) is 0 Å². The number of carboxylic acid groups (broad SMARTS) is 1. The zero-order valence-corrected chi connectivity index (χ0v) is 9.88. The normalized spacial score (nSPS) is 10.7. The average Bonchev–Trinajstić information content (AvgIpc) is 2.26. The molecule has 0 saturated carbocycles. The van der Waals surface area contributed by atoms with Crippen LogP contribution in [0.15, 0.2) is 22.8 Å². The van der Waals surface area contributed by atoms with E-state index in [0.717, 1.165) is 0 Å². The Morgan fingerprint density at radius 2 is 2.25 bits per heavy atom. The Morgan fingerprint density at radius 1 is 1.56 bits per heavy atom. The molecule has 0 saturated heterocycles. The predicted molar refractivity (Wildman–Crippen MR) is 61.1 cm³/mol. The van der Waals surface area contributed by atoms with Gasteiger partial charge < -0.3 is 5.11 Å². The van der Waals surface area contributed by atoms with Gasteiger partial charge in [-0.2, -0.15) is 0 Å². The number of fused-ring (bicyclic) bond motifs is 1. The summed E-state index contributed by atoms with van der Waals surface area (Å²) < 4.78 is 13.8. The van der Waals surface area contributed by atoms with E-state index in [1.54, 1.807) is 19.1 Å². The molecule has 16 heavy (non-hydrogen) atoms. The summed E-state index contributed by atoms with van der Waals surface area (Å²) in [5, 5.41) is 9.53. The molecule has 0 spiro atoms. The van der Waals surface area contributed by atoms with Gasteiger partial charge in [0.2, 0.25) is 0 Å². The number of hydrogen-bond acceptors (Lipinski definition) is 2. The molecule has 1 aromatic carbocycles. The van der Waals surface area contributed by atoms with E-state index in [9.17, 15) is 9.18 Å². The first-order valence-corrected chi connectivity index (χ1v) is 5.29. The fraction of sp³-hybridized carbons (Fsp3) is 0.0909. The molecule has 1 heterocycles. The SMILES string of the molecule is Cc1c(C(=O)O)c(Br)c(F)c2ncccc12. The molecule has 0 bridgehead atoms. The maximum Gasteiger partial charge on any atom is 0.337 e. The molecule has 1 N–H and O–H groups in total. The Bertz CT molecular complexity index is 598. The van der Waals surface area contributed by atoms with Crippen LogP contribution in [0.25, 0.3) is 10.9 Å². The number of benzene rings is 1. The lowest BCUT2D eigenvalue weighted by Crippen LogP contribution is -2.04. The highest BCUT2D eigenvalue weighted by molar-refractivity contribution is 9.10. The average molecular weight is 284 g/mol. The van der Waals surface area contributed by atoms with Gasteiger partial charge in [-0.25, -0.2) is 9.18 Å². The smallest absolute Gasteiger partial charge is 0.337 e. The Morgan fingerprint density at radius 3 is 2.88 bits per heavy atom. The van der Waals surface area contributed by atoms with Gasteiger partial charge in [0.15, 0.2) is 5.82 Å². The summed E-state index contributed by atoms with van der Waals surface area (Å²) in [7, 11) is 0. The van der Waals surface area contributed by atoms with Crippen LogP contribution >= 0.6 is 15.9 Å². The summed E-state index contributed by atoms with van der Waals surface area (Å²) in [6, 6.07) is 3.30. The fourth-order valence-corrected chi connectivity index (χ4v) is 2.30. The minimum Gasteiger partial charge on any atom is -0.478 e. The van der Waals surface area contributed by atoms with E-state index in [2.05, 4.69) is 20.9 Å². The summed E-state index contributed by atoms with van der Waals surface area (Å²) in [4.78, 5) is 14.9. The summed E-state index contributed by atoms with van der Waals surface area (Å²) in [5.41, 5.74) is 0.624. The molecule has 1 aromatic heterocycles. The van der Waals surface area contributed by atoms with E-state index >= 15 is 0 Å². The summed E-state index contributed by atoms with van der Waals surface area (Å²) in [6.07, 6.45) is 1.47. The van der Waals surface area contributed by atoms with Crippen LogP contribution in [0.5, 0.6) is 0 Å². The van der Waals surface area contributed by atoms with Crippen LogP contribution in [-0.4, -0.2) is 16.1 Å². The number of aryl methyl sites for hydroxylation is 1. The third-order valence-corrected chi connectivity index (χ3v) is 3.17. The van der Waals surface area contributed by atoms with Crippen LogP contribution in [0.4, 0.5) is 4.39 Å². The maximum absolute atomic E-state index is 13.8. The van der Waals surface area contributed by atoms with E-state index in [1.807, 2.05) is 0 Å². The van der Waals surface area contributed by atoms with Crippen LogP contribution in [0, 0.1) is 12.7 Å². The molecular weight excluding hydrogens is 277 g/mol. The van der Waals surface area contributed by atoms with Crippen molar-refractivity contribution >= 4 is 32.8 Å². The topological polar surface area (TPSA) is 50.2 Å². The number of carbonyl (C=O) groups is 1. The van der Waals surface area contributed by atoms with E-state index in [-0.39, 0.29) is 15.6 Å². The minimum absolute atomic E-state index is 0.0521. The lowest BCUT2D eigenvalue weighted by Gasteiger charge is -2.09. The first-order valence-electron chi connectivity index (χ1n) is 4.49. The van der Waals surface area contributed by atoms with Crippen LogP contribution < -0.4 is 0 Å². The second-order valence-corrected chi connectivity index (χ2v) is 4.13. The Labute approximate surface area is 99.1 Å². The maximum atomic E-state index is 13.8. The van der Waals surface area contributed by atoms with E-state index in [1.165, 1.54) is 6.20 Å². The van der Waals surface area contributed by atoms with Gasteiger partial charge in [-0.05, 0) is 34.5 Å². The van der Waals surface area contributed by atoms with Crippen molar-refractivity contribution in [1.82, 2.24) is 4.98 Å². The van der Waals surface area contributed by atoms with Crippen LogP contribution in [0.3, 0.4) is 0 Å². The molecule has 82 valence electrons. The summed E-state index contributed by atoms with van der Waals surface area (Å²) in [5.74, 6) is -1.80. The molecule has 0 aliphatic carbocycles. The lowest BCUT2D eigenvalue weighted by molar-refractivity contribution is 0.0694. The highest BCUT2D eigenvalue weighted by Crippen LogP contribution is 2.31. The van der Waals surface area contributed by atoms with Gasteiger partial charge in [-0.3, -0.25) is 4.98 Å². The quantitative estimate of drug-likeness (QED) is 0.875. The van der Waals surface area contributed by atoms with E-state index < -0.39 is 11.8 Å². The molecule has 3 nitrogen and oxygen atoms in total. The molecule has 2 rings (SSSR count). The van der Waals surface area contributed by atoms with E-state index in [4.69, 9.17) is 5.11 Å². The standard InChI is InChI=1S/C11H7BrFNO2/c1-5-6-3-2-4-14-10(6)9(13)8(12)7(5)11(15)16/h2-4H,1H3,(H,15,16). The molecular formula is C11H7BrFNO2. The lowest BCUT2D eigenvalue weighted by atomic mass is 10.0. The van der Waals surface area contributed by atoms with E-state index in [0.29, 0.717) is 10.9 Å². The monoisotopic (exact) mass is 283 g/mol. The molecule has 0 amide bonds. The molecule has 0 unspecified atom stereocenters. The highest BCUT2D eigenvalue weighted by atomic mass is 79.9. The summed E-state index contributed by atoms with van der Waals surface area (Å²) in [6.45, 7) is 1.64. The molecule has 0 aliphatic rings.